The average Bonchev–Trinajstić information content (AvgIpc) is 2.30. The van der Waals surface area contributed by atoms with Crippen molar-refractivity contribution >= 4 is 11.8 Å². The van der Waals surface area contributed by atoms with E-state index in [1.807, 2.05) is 7.05 Å². The Labute approximate surface area is 97.4 Å². The van der Waals surface area contributed by atoms with Gasteiger partial charge >= 0.3 is 0 Å². The molecular formula is C12H22N2O2. The van der Waals surface area contributed by atoms with Gasteiger partial charge in [-0.3, -0.25) is 14.5 Å². The number of carbonyl (C=O) groups excluding carboxylic acids is 2. The Kier molecular flexibility index (Phi) is 5.46. The van der Waals surface area contributed by atoms with Crippen LogP contribution >= 0.6 is 0 Å². The molecule has 0 aromatic carbocycles. The minimum absolute atomic E-state index is 0.0300. The predicted molar refractivity (Wildman–Crippen MR) is 62.9 cm³/mol. The summed E-state index contributed by atoms with van der Waals surface area (Å²) in [4.78, 5) is 24.9. The van der Waals surface area contributed by atoms with Crippen LogP contribution in [0.1, 0.15) is 39.0 Å². The predicted octanol–water partition coefficient (Wildman–Crippen LogP) is 1.16. The molecule has 1 aliphatic rings. The molecule has 92 valence electrons. The SMILES string of the molecule is CNCCN(C(C)=O)C(=O)C1CCCCC1. The van der Waals surface area contributed by atoms with Crippen molar-refractivity contribution in [3.05, 3.63) is 0 Å². The Morgan fingerprint density at radius 1 is 1.25 bits per heavy atom. The second-order valence-electron chi connectivity index (χ2n) is 4.45. The molecule has 0 heterocycles. The highest BCUT2D eigenvalue weighted by Gasteiger charge is 2.27. The van der Waals surface area contributed by atoms with E-state index in [0.717, 1.165) is 25.7 Å². The van der Waals surface area contributed by atoms with E-state index in [0.29, 0.717) is 13.1 Å². The highest BCUT2D eigenvalue weighted by molar-refractivity contribution is 5.95. The number of hydrogen-bond donors (Lipinski definition) is 1. The van der Waals surface area contributed by atoms with E-state index in [1.165, 1.54) is 18.2 Å². The van der Waals surface area contributed by atoms with Gasteiger partial charge in [0.1, 0.15) is 0 Å². The minimum atomic E-state index is -0.133. The van der Waals surface area contributed by atoms with Crippen molar-refractivity contribution in [3.8, 4) is 0 Å². The fraction of sp³-hybridized carbons (Fsp3) is 0.833. The maximum absolute atomic E-state index is 12.1. The highest BCUT2D eigenvalue weighted by Crippen LogP contribution is 2.25. The van der Waals surface area contributed by atoms with Gasteiger partial charge in [-0.1, -0.05) is 19.3 Å². The number of nitrogens with zero attached hydrogens (tertiary/aromatic N) is 1. The van der Waals surface area contributed by atoms with Crippen molar-refractivity contribution in [1.82, 2.24) is 10.2 Å². The third-order valence-corrected chi connectivity index (χ3v) is 3.19. The molecule has 0 atom stereocenters. The molecule has 0 aromatic rings. The Bertz CT molecular complexity index is 247. The van der Waals surface area contributed by atoms with Crippen molar-refractivity contribution in [2.45, 2.75) is 39.0 Å². The van der Waals surface area contributed by atoms with Gasteiger partial charge in [-0.15, -0.1) is 0 Å². The Hall–Kier alpha value is -0.900. The van der Waals surface area contributed by atoms with Gasteiger partial charge < -0.3 is 5.32 Å². The summed E-state index contributed by atoms with van der Waals surface area (Å²) in [6, 6.07) is 0. The number of imide groups is 1. The fourth-order valence-corrected chi connectivity index (χ4v) is 2.22. The second kappa shape index (κ2) is 6.63. The van der Waals surface area contributed by atoms with Gasteiger partial charge in [0.05, 0.1) is 0 Å². The van der Waals surface area contributed by atoms with Crippen molar-refractivity contribution < 1.29 is 9.59 Å². The van der Waals surface area contributed by atoms with Crippen molar-refractivity contribution in [3.63, 3.8) is 0 Å². The maximum atomic E-state index is 12.1. The van der Waals surface area contributed by atoms with Crippen LogP contribution in [0, 0.1) is 5.92 Å². The van der Waals surface area contributed by atoms with Crippen LogP contribution in [-0.4, -0.2) is 36.9 Å². The molecule has 4 nitrogen and oxygen atoms in total. The first kappa shape index (κ1) is 13.2. The number of carbonyl (C=O) groups is 2. The van der Waals surface area contributed by atoms with E-state index in [4.69, 9.17) is 0 Å². The van der Waals surface area contributed by atoms with Gasteiger partial charge in [0.15, 0.2) is 0 Å². The van der Waals surface area contributed by atoms with Gasteiger partial charge in [0, 0.05) is 25.9 Å². The van der Waals surface area contributed by atoms with Gasteiger partial charge in [-0.25, -0.2) is 0 Å². The summed E-state index contributed by atoms with van der Waals surface area (Å²) in [5, 5.41) is 2.96. The molecule has 0 aliphatic heterocycles. The Morgan fingerprint density at radius 3 is 2.38 bits per heavy atom. The molecule has 1 saturated carbocycles. The summed E-state index contributed by atoms with van der Waals surface area (Å²) in [5.41, 5.74) is 0. The molecule has 0 unspecified atom stereocenters. The summed E-state index contributed by atoms with van der Waals surface area (Å²) < 4.78 is 0. The molecule has 0 spiro atoms. The number of amides is 2. The topological polar surface area (TPSA) is 49.4 Å². The van der Waals surface area contributed by atoms with Crippen molar-refractivity contribution in [2.24, 2.45) is 5.92 Å². The van der Waals surface area contributed by atoms with E-state index in [1.54, 1.807) is 0 Å². The van der Waals surface area contributed by atoms with Gasteiger partial charge in [0.2, 0.25) is 11.8 Å². The van der Waals surface area contributed by atoms with Crippen LogP contribution in [-0.2, 0) is 9.59 Å². The molecule has 16 heavy (non-hydrogen) atoms. The van der Waals surface area contributed by atoms with E-state index in [-0.39, 0.29) is 17.7 Å². The van der Waals surface area contributed by atoms with Crippen LogP contribution in [0.5, 0.6) is 0 Å². The van der Waals surface area contributed by atoms with Gasteiger partial charge in [0.25, 0.3) is 0 Å². The molecule has 0 saturated heterocycles. The third-order valence-electron chi connectivity index (χ3n) is 3.19. The zero-order valence-electron chi connectivity index (χ0n) is 10.3. The lowest BCUT2D eigenvalue weighted by molar-refractivity contribution is -0.146. The van der Waals surface area contributed by atoms with Crippen molar-refractivity contribution in [2.75, 3.05) is 20.1 Å². The van der Waals surface area contributed by atoms with E-state index in [9.17, 15) is 9.59 Å². The highest BCUT2D eigenvalue weighted by atomic mass is 16.2. The summed E-state index contributed by atoms with van der Waals surface area (Å²) >= 11 is 0. The molecular weight excluding hydrogens is 204 g/mol. The van der Waals surface area contributed by atoms with Crippen LogP contribution in [0.2, 0.25) is 0 Å². The Morgan fingerprint density at radius 2 is 1.88 bits per heavy atom. The normalized spacial score (nSPS) is 17.1. The minimum Gasteiger partial charge on any atom is -0.318 e. The third kappa shape index (κ3) is 3.59. The first-order valence-electron chi connectivity index (χ1n) is 6.13. The van der Waals surface area contributed by atoms with E-state index < -0.39 is 0 Å². The van der Waals surface area contributed by atoms with E-state index >= 15 is 0 Å². The fourth-order valence-electron chi connectivity index (χ4n) is 2.22. The zero-order chi connectivity index (χ0) is 12.0. The molecule has 0 radical (unpaired) electrons. The van der Waals surface area contributed by atoms with Crippen LogP contribution in [0.15, 0.2) is 0 Å². The lowest BCUT2D eigenvalue weighted by Crippen LogP contribution is -2.43. The summed E-state index contributed by atoms with van der Waals surface area (Å²) in [5.74, 6) is -0.0252. The lowest BCUT2D eigenvalue weighted by Gasteiger charge is -2.27. The molecule has 1 fully saturated rings. The molecule has 2 amide bonds. The number of rotatable bonds is 4. The summed E-state index contributed by atoms with van der Waals surface area (Å²) in [6.45, 7) is 2.62. The number of likely N-dealkylation sites (N-methyl/N-ethyl adjacent to an activating group) is 1. The molecule has 1 aliphatic carbocycles. The quantitative estimate of drug-likeness (QED) is 0.782. The summed E-state index contributed by atoms with van der Waals surface area (Å²) in [7, 11) is 1.82. The maximum Gasteiger partial charge on any atom is 0.232 e. The molecule has 1 rings (SSSR count). The smallest absolute Gasteiger partial charge is 0.232 e. The molecule has 0 aromatic heterocycles. The Balaban J connectivity index is 2.54. The second-order valence-corrected chi connectivity index (χ2v) is 4.45. The molecule has 4 heteroatoms. The standard InChI is InChI=1S/C12H22N2O2/c1-10(15)14(9-8-13-2)12(16)11-6-4-3-5-7-11/h11,13H,3-9H2,1-2H3. The van der Waals surface area contributed by atoms with Crippen LogP contribution in [0.25, 0.3) is 0 Å². The first-order valence-corrected chi connectivity index (χ1v) is 6.13. The molecule has 0 bridgehead atoms. The largest absolute Gasteiger partial charge is 0.318 e. The van der Waals surface area contributed by atoms with Crippen LogP contribution in [0.4, 0.5) is 0 Å². The van der Waals surface area contributed by atoms with Crippen LogP contribution in [0.3, 0.4) is 0 Å². The zero-order valence-corrected chi connectivity index (χ0v) is 10.3. The number of hydrogen-bond acceptors (Lipinski definition) is 3. The number of nitrogens with one attached hydrogen (secondary N) is 1. The van der Waals surface area contributed by atoms with Crippen LogP contribution < -0.4 is 5.32 Å². The average molecular weight is 226 g/mol. The van der Waals surface area contributed by atoms with Crippen molar-refractivity contribution in [1.29, 1.82) is 0 Å². The first-order chi connectivity index (χ1) is 7.66. The molecule has 1 N–H and O–H groups in total. The summed E-state index contributed by atoms with van der Waals surface area (Å²) in [6.07, 6.45) is 5.35. The van der Waals surface area contributed by atoms with Gasteiger partial charge in [-0.2, -0.15) is 0 Å². The monoisotopic (exact) mass is 226 g/mol. The van der Waals surface area contributed by atoms with E-state index in [2.05, 4.69) is 5.32 Å². The van der Waals surface area contributed by atoms with Gasteiger partial charge in [-0.05, 0) is 19.9 Å². The lowest BCUT2D eigenvalue weighted by atomic mass is 9.88.